The summed E-state index contributed by atoms with van der Waals surface area (Å²) in [5.74, 6) is -0.412. The van der Waals surface area contributed by atoms with Crippen LogP contribution in [0.3, 0.4) is 0 Å². The Bertz CT molecular complexity index is 891. The number of H-pyrrole nitrogens is 1. The minimum atomic E-state index is -1.02. The fourth-order valence-electron chi connectivity index (χ4n) is 2.62. The summed E-state index contributed by atoms with van der Waals surface area (Å²) in [6.45, 7) is 2.18. The minimum absolute atomic E-state index is 0.158. The molecule has 3 rings (SSSR count). The molecule has 1 aromatic heterocycles. The molecule has 1 heterocycles. The molecule has 0 aliphatic heterocycles. The first-order valence-corrected chi connectivity index (χ1v) is 8.60. The number of aromatic nitrogens is 2. The first-order valence-electron chi connectivity index (χ1n) is 7.81. The van der Waals surface area contributed by atoms with E-state index in [4.69, 9.17) is 4.74 Å². The molecule has 25 heavy (non-hydrogen) atoms. The predicted molar refractivity (Wildman–Crippen MR) is 99.1 cm³/mol. The van der Waals surface area contributed by atoms with Crippen LogP contribution in [0.15, 0.2) is 53.0 Å². The summed E-state index contributed by atoms with van der Waals surface area (Å²) in [7, 11) is 0. The first kappa shape index (κ1) is 17.2. The van der Waals surface area contributed by atoms with Crippen LogP contribution in [-0.2, 0) is 6.42 Å². The van der Waals surface area contributed by atoms with Crippen molar-refractivity contribution in [1.82, 2.24) is 10.2 Å². The van der Waals surface area contributed by atoms with Crippen LogP contribution in [0, 0.1) is 6.92 Å². The van der Waals surface area contributed by atoms with Crippen LogP contribution < -0.4 is 4.74 Å². The summed E-state index contributed by atoms with van der Waals surface area (Å²) in [6, 6.07) is 15.6. The van der Waals surface area contributed by atoms with Crippen molar-refractivity contribution < 1.29 is 14.6 Å². The zero-order valence-corrected chi connectivity index (χ0v) is 15.2. The molecule has 0 unspecified atom stereocenters. The molecule has 6 heteroatoms. The van der Waals surface area contributed by atoms with Crippen LogP contribution in [0.25, 0.3) is 11.3 Å². The number of aromatic carboxylic acids is 1. The summed E-state index contributed by atoms with van der Waals surface area (Å²) in [5, 5.41) is 16.4. The smallest absolute Gasteiger partial charge is 0.339 e. The number of carboxylic acids is 1. The highest BCUT2D eigenvalue weighted by Gasteiger charge is 2.21. The number of hydrogen-bond acceptors (Lipinski definition) is 3. The molecular formula is C19H17BrN2O3. The van der Waals surface area contributed by atoms with Crippen LogP contribution in [0.1, 0.15) is 21.6 Å². The van der Waals surface area contributed by atoms with Gasteiger partial charge in [0.1, 0.15) is 17.0 Å². The highest BCUT2D eigenvalue weighted by Crippen LogP contribution is 2.34. The summed E-state index contributed by atoms with van der Waals surface area (Å²) < 4.78 is 6.76. The Balaban J connectivity index is 1.87. The van der Waals surface area contributed by atoms with Gasteiger partial charge < -0.3 is 9.84 Å². The predicted octanol–water partition coefficient (Wildman–Crippen LogP) is 4.47. The number of hydrogen-bond donors (Lipinski definition) is 2. The lowest BCUT2D eigenvalue weighted by atomic mass is 10.1. The average Bonchev–Trinajstić information content (AvgIpc) is 2.99. The van der Waals surface area contributed by atoms with E-state index in [1.54, 1.807) is 6.92 Å². The van der Waals surface area contributed by atoms with Gasteiger partial charge in [-0.2, -0.15) is 5.10 Å². The van der Waals surface area contributed by atoms with Crippen LogP contribution in [0.4, 0.5) is 0 Å². The number of carboxylic acid groups (broad SMARTS) is 1. The van der Waals surface area contributed by atoms with Crippen LogP contribution >= 0.6 is 15.9 Å². The number of ether oxygens (including phenoxy) is 1. The summed E-state index contributed by atoms with van der Waals surface area (Å²) in [5.41, 5.74) is 2.87. The van der Waals surface area contributed by atoms with E-state index in [1.165, 1.54) is 5.56 Å². The molecule has 0 aliphatic rings. The van der Waals surface area contributed by atoms with Gasteiger partial charge in [0.2, 0.25) is 0 Å². The summed E-state index contributed by atoms with van der Waals surface area (Å²) in [4.78, 5) is 11.6. The van der Waals surface area contributed by atoms with E-state index < -0.39 is 5.97 Å². The molecule has 3 aromatic rings. The molecule has 0 spiro atoms. The topological polar surface area (TPSA) is 75.2 Å². The quantitative estimate of drug-likeness (QED) is 0.639. The summed E-state index contributed by atoms with van der Waals surface area (Å²) >= 11 is 3.43. The highest BCUT2D eigenvalue weighted by molar-refractivity contribution is 9.10. The van der Waals surface area contributed by atoms with Gasteiger partial charge in [-0.15, -0.1) is 0 Å². The zero-order valence-electron chi connectivity index (χ0n) is 13.6. The van der Waals surface area contributed by atoms with E-state index in [1.807, 2.05) is 48.5 Å². The van der Waals surface area contributed by atoms with Crippen LogP contribution in [0.5, 0.6) is 5.75 Å². The van der Waals surface area contributed by atoms with Crippen molar-refractivity contribution in [2.45, 2.75) is 13.3 Å². The van der Waals surface area contributed by atoms with Gasteiger partial charge in [0, 0.05) is 22.2 Å². The maximum absolute atomic E-state index is 11.6. The number of aryl methyl sites for hydroxylation is 1. The maximum Gasteiger partial charge on any atom is 0.339 e. The molecule has 0 aliphatic carbocycles. The molecule has 2 aromatic carbocycles. The van der Waals surface area contributed by atoms with Crippen molar-refractivity contribution in [2.24, 2.45) is 0 Å². The second-order valence-corrected chi connectivity index (χ2v) is 6.52. The fraction of sp³-hybridized carbons (Fsp3) is 0.158. The van der Waals surface area contributed by atoms with Gasteiger partial charge in [0.15, 0.2) is 0 Å². The highest BCUT2D eigenvalue weighted by atomic mass is 79.9. The normalized spacial score (nSPS) is 10.6. The molecule has 5 nitrogen and oxygen atoms in total. The van der Waals surface area contributed by atoms with Gasteiger partial charge >= 0.3 is 5.97 Å². The Morgan fingerprint density at radius 3 is 2.72 bits per heavy atom. The van der Waals surface area contributed by atoms with Crippen LogP contribution in [-0.4, -0.2) is 27.9 Å². The summed E-state index contributed by atoms with van der Waals surface area (Å²) in [6.07, 6.45) is 0.766. The molecular weight excluding hydrogens is 384 g/mol. The molecule has 0 saturated heterocycles. The fourth-order valence-corrected chi connectivity index (χ4v) is 2.98. The van der Waals surface area contributed by atoms with Crippen molar-refractivity contribution in [2.75, 3.05) is 6.61 Å². The lowest BCUT2D eigenvalue weighted by Gasteiger charge is -2.11. The maximum atomic E-state index is 11.6. The molecule has 0 amide bonds. The molecule has 2 N–H and O–H groups in total. The molecule has 0 radical (unpaired) electrons. The van der Waals surface area contributed by atoms with Gasteiger partial charge in [0.25, 0.3) is 0 Å². The van der Waals surface area contributed by atoms with Crippen LogP contribution in [0.2, 0.25) is 0 Å². The molecule has 0 fully saturated rings. The van der Waals surface area contributed by atoms with Crippen molar-refractivity contribution in [3.63, 3.8) is 0 Å². The third-order valence-corrected chi connectivity index (χ3v) is 4.34. The van der Waals surface area contributed by atoms with E-state index in [0.717, 1.165) is 10.9 Å². The molecule has 0 bridgehead atoms. The van der Waals surface area contributed by atoms with Gasteiger partial charge in [-0.25, -0.2) is 4.79 Å². The Morgan fingerprint density at radius 1 is 1.24 bits per heavy atom. The second-order valence-electron chi connectivity index (χ2n) is 5.60. The number of aromatic amines is 1. The van der Waals surface area contributed by atoms with Gasteiger partial charge in [0.05, 0.1) is 6.61 Å². The number of nitrogens with one attached hydrogen (secondary N) is 1. The standard InChI is InChI=1S/C19H17BrN2O3/c1-12-17(19(23)24)18(22-21-12)15-11-14(20)7-8-16(15)25-10-9-13-5-3-2-4-6-13/h2-8,11H,9-10H2,1H3,(H,21,22)(H,23,24). The van der Waals surface area contributed by atoms with Crippen molar-refractivity contribution >= 4 is 21.9 Å². The van der Waals surface area contributed by atoms with Crippen molar-refractivity contribution in [1.29, 1.82) is 0 Å². The lowest BCUT2D eigenvalue weighted by molar-refractivity contribution is 0.0697. The van der Waals surface area contributed by atoms with Crippen molar-refractivity contribution in [3.8, 4) is 17.0 Å². The van der Waals surface area contributed by atoms with Gasteiger partial charge in [-0.05, 0) is 30.7 Å². The number of benzene rings is 2. The Labute approximate surface area is 153 Å². The van der Waals surface area contributed by atoms with E-state index >= 15 is 0 Å². The zero-order chi connectivity index (χ0) is 17.8. The molecule has 0 atom stereocenters. The molecule has 0 saturated carbocycles. The van der Waals surface area contributed by atoms with E-state index in [-0.39, 0.29) is 5.56 Å². The SMILES string of the molecule is Cc1[nH]nc(-c2cc(Br)ccc2OCCc2ccccc2)c1C(=O)O. The molecule has 128 valence electrons. The van der Waals surface area contributed by atoms with E-state index in [9.17, 15) is 9.90 Å². The largest absolute Gasteiger partial charge is 0.493 e. The lowest BCUT2D eigenvalue weighted by Crippen LogP contribution is -2.04. The minimum Gasteiger partial charge on any atom is -0.493 e. The Morgan fingerprint density at radius 2 is 2.00 bits per heavy atom. The van der Waals surface area contributed by atoms with Crippen molar-refractivity contribution in [3.05, 3.63) is 69.8 Å². The Hall–Kier alpha value is -2.60. The Kier molecular flexibility index (Phi) is 5.19. The monoisotopic (exact) mass is 400 g/mol. The van der Waals surface area contributed by atoms with Gasteiger partial charge in [-0.1, -0.05) is 46.3 Å². The van der Waals surface area contributed by atoms with E-state index in [0.29, 0.717) is 29.3 Å². The first-order chi connectivity index (χ1) is 12.1. The number of halogens is 1. The van der Waals surface area contributed by atoms with E-state index in [2.05, 4.69) is 26.1 Å². The third kappa shape index (κ3) is 3.91. The number of rotatable bonds is 6. The number of carbonyl (C=O) groups is 1. The number of nitrogens with zero attached hydrogens (tertiary/aromatic N) is 1. The third-order valence-electron chi connectivity index (χ3n) is 3.85. The second kappa shape index (κ2) is 7.53. The average molecular weight is 401 g/mol. The van der Waals surface area contributed by atoms with Gasteiger partial charge in [-0.3, -0.25) is 5.10 Å².